The van der Waals surface area contributed by atoms with Crippen molar-refractivity contribution in [3.05, 3.63) is 88.4 Å². The Balaban J connectivity index is 0.000000559. The molecular weight excluding hydrogens is 597 g/mol. The molecule has 1 atom stereocenters. The van der Waals surface area contributed by atoms with Crippen LogP contribution in [0.5, 0.6) is 5.75 Å². The molecule has 212 valence electrons. The van der Waals surface area contributed by atoms with Crippen molar-refractivity contribution in [3.63, 3.8) is 0 Å². The van der Waals surface area contributed by atoms with Crippen LogP contribution in [-0.4, -0.2) is 53.5 Å². The summed E-state index contributed by atoms with van der Waals surface area (Å²) in [5.41, 5.74) is 3.55. The second kappa shape index (κ2) is 13.8. The number of carbonyl (C=O) groups is 2. The summed E-state index contributed by atoms with van der Waals surface area (Å²) in [5.74, 6) is -3.32. The lowest BCUT2D eigenvalue weighted by atomic mass is 9.92. The number of nitrogens with zero attached hydrogens (tertiary/aromatic N) is 2. The van der Waals surface area contributed by atoms with E-state index in [1.165, 1.54) is 0 Å². The molecule has 0 aliphatic heterocycles. The van der Waals surface area contributed by atoms with Gasteiger partial charge in [0.1, 0.15) is 17.9 Å². The number of rotatable bonds is 10. The van der Waals surface area contributed by atoms with Crippen LogP contribution in [0.2, 0.25) is 0 Å². The van der Waals surface area contributed by atoms with Gasteiger partial charge in [0.05, 0.1) is 12.5 Å². The zero-order valence-electron chi connectivity index (χ0n) is 21.3. The van der Waals surface area contributed by atoms with E-state index in [2.05, 4.69) is 20.9 Å². The van der Waals surface area contributed by atoms with Gasteiger partial charge in [0, 0.05) is 11.5 Å². The summed E-state index contributed by atoms with van der Waals surface area (Å²) >= 11 is 3.50. The minimum atomic E-state index is -5.08. The predicted molar refractivity (Wildman–Crippen MR) is 146 cm³/mol. The minimum Gasteiger partial charge on any atom is -0.492 e. The van der Waals surface area contributed by atoms with E-state index in [9.17, 15) is 23.1 Å². The summed E-state index contributed by atoms with van der Waals surface area (Å²) in [6, 6.07) is 23.6. The quantitative estimate of drug-likeness (QED) is 0.214. The topological polar surface area (TPSA) is 113 Å². The van der Waals surface area contributed by atoms with Gasteiger partial charge in [0.15, 0.2) is 5.58 Å². The standard InChI is InChI=1S/C26H25BrN2O4.C2HF3O2/c1-29(26-28-23-8-4-5-9-24(23)33-26)14-15-32-21-12-10-18(11-13-21)16-20(25(30)31)17-19-6-2-3-7-22(19)27;3-2(4,5)1(6)7/h2-13,20H,14-17H2,1H3,(H,30,31);(H,6,7). The molecular formula is C28H26BrF3N2O6. The van der Waals surface area contributed by atoms with Crippen molar-refractivity contribution in [3.8, 4) is 5.75 Å². The first-order valence-corrected chi connectivity index (χ1v) is 12.8. The molecule has 4 aromatic rings. The second-order valence-corrected chi connectivity index (χ2v) is 9.57. The minimum absolute atomic E-state index is 0.456. The van der Waals surface area contributed by atoms with E-state index >= 15 is 0 Å². The van der Waals surface area contributed by atoms with Crippen molar-refractivity contribution < 1.29 is 42.1 Å². The molecule has 0 radical (unpaired) electrons. The van der Waals surface area contributed by atoms with Gasteiger partial charge in [-0.05, 0) is 54.3 Å². The van der Waals surface area contributed by atoms with Gasteiger partial charge in [0.25, 0.3) is 6.01 Å². The van der Waals surface area contributed by atoms with Crippen molar-refractivity contribution >= 4 is 45.0 Å². The number of carboxylic acid groups (broad SMARTS) is 2. The summed E-state index contributed by atoms with van der Waals surface area (Å²) < 4.78 is 44.3. The fraction of sp³-hybridized carbons (Fsp3) is 0.250. The molecule has 1 aromatic heterocycles. The Morgan fingerprint density at radius 1 is 1.00 bits per heavy atom. The highest BCUT2D eigenvalue weighted by Gasteiger charge is 2.38. The fourth-order valence-corrected chi connectivity index (χ4v) is 4.05. The van der Waals surface area contributed by atoms with Crippen molar-refractivity contribution in [1.82, 2.24) is 4.98 Å². The molecule has 12 heteroatoms. The molecule has 0 bridgehead atoms. The number of carboxylic acids is 2. The highest BCUT2D eigenvalue weighted by molar-refractivity contribution is 9.10. The van der Waals surface area contributed by atoms with Gasteiger partial charge in [0.2, 0.25) is 0 Å². The van der Waals surface area contributed by atoms with E-state index < -0.39 is 24.0 Å². The molecule has 1 unspecified atom stereocenters. The Morgan fingerprint density at radius 3 is 2.23 bits per heavy atom. The van der Waals surface area contributed by atoms with Gasteiger partial charge < -0.3 is 24.3 Å². The number of alkyl halides is 3. The van der Waals surface area contributed by atoms with Crippen LogP contribution in [0, 0.1) is 5.92 Å². The maximum Gasteiger partial charge on any atom is 0.490 e. The molecule has 0 spiro atoms. The van der Waals surface area contributed by atoms with E-state index in [-0.39, 0.29) is 0 Å². The Kier molecular flexibility index (Phi) is 10.5. The van der Waals surface area contributed by atoms with Gasteiger partial charge in [-0.25, -0.2) is 4.79 Å². The third-order valence-electron chi connectivity index (χ3n) is 5.73. The Labute approximate surface area is 236 Å². The van der Waals surface area contributed by atoms with E-state index in [1.54, 1.807) is 0 Å². The highest BCUT2D eigenvalue weighted by Crippen LogP contribution is 2.24. The Bertz CT molecular complexity index is 1390. The molecule has 0 saturated heterocycles. The summed E-state index contributed by atoms with van der Waals surface area (Å²) in [4.78, 5) is 27.1. The number of para-hydroxylation sites is 2. The van der Waals surface area contributed by atoms with Gasteiger partial charge in [-0.2, -0.15) is 18.2 Å². The third kappa shape index (κ3) is 9.01. The number of aliphatic carboxylic acids is 2. The largest absolute Gasteiger partial charge is 0.492 e. The molecule has 3 aromatic carbocycles. The molecule has 0 saturated carbocycles. The van der Waals surface area contributed by atoms with E-state index in [1.807, 2.05) is 84.7 Å². The van der Waals surface area contributed by atoms with E-state index in [0.717, 1.165) is 32.4 Å². The summed E-state index contributed by atoms with van der Waals surface area (Å²) in [5, 5.41) is 16.8. The Morgan fingerprint density at radius 2 is 1.62 bits per heavy atom. The summed E-state index contributed by atoms with van der Waals surface area (Å²) in [6.45, 7) is 1.08. The fourth-order valence-electron chi connectivity index (χ4n) is 3.60. The lowest BCUT2D eigenvalue weighted by Crippen LogP contribution is -2.24. The summed E-state index contributed by atoms with van der Waals surface area (Å²) in [6.07, 6.45) is -4.16. The lowest BCUT2D eigenvalue weighted by Gasteiger charge is -2.16. The molecule has 1 heterocycles. The number of fused-ring (bicyclic) bond motifs is 1. The lowest BCUT2D eigenvalue weighted by molar-refractivity contribution is -0.192. The number of hydrogen-bond acceptors (Lipinski definition) is 6. The smallest absolute Gasteiger partial charge is 0.490 e. The number of hydrogen-bond donors (Lipinski definition) is 2. The number of halogens is 4. The monoisotopic (exact) mass is 622 g/mol. The number of oxazole rings is 1. The van der Waals surface area contributed by atoms with Crippen molar-refractivity contribution in [1.29, 1.82) is 0 Å². The molecule has 40 heavy (non-hydrogen) atoms. The van der Waals surface area contributed by atoms with Gasteiger partial charge in [-0.1, -0.05) is 58.4 Å². The van der Waals surface area contributed by atoms with Crippen LogP contribution in [0.1, 0.15) is 11.1 Å². The maximum absolute atomic E-state index is 11.8. The maximum atomic E-state index is 11.8. The van der Waals surface area contributed by atoms with Crippen molar-refractivity contribution in [2.24, 2.45) is 5.92 Å². The van der Waals surface area contributed by atoms with Crippen LogP contribution >= 0.6 is 15.9 Å². The average Bonchev–Trinajstić information content (AvgIpc) is 3.35. The zero-order chi connectivity index (χ0) is 29.3. The van der Waals surface area contributed by atoms with E-state index in [0.29, 0.717) is 32.0 Å². The zero-order valence-corrected chi connectivity index (χ0v) is 22.9. The first kappa shape index (κ1) is 30.5. The molecule has 0 fully saturated rings. The molecule has 0 amide bonds. The average molecular weight is 623 g/mol. The summed E-state index contributed by atoms with van der Waals surface area (Å²) in [7, 11) is 1.91. The van der Waals surface area contributed by atoms with Crippen molar-refractivity contribution in [2.45, 2.75) is 19.0 Å². The van der Waals surface area contributed by atoms with Crippen LogP contribution in [0.25, 0.3) is 11.1 Å². The number of aromatic nitrogens is 1. The SMILES string of the molecule is CN(CCOc1ccc(CC(Cc2ccccc2Br)C(=O)O)cc1)c1nc2ccccc2o1.O=C(O)C(F)(F)F. The van der Waals surface area contributed by atoms with Crippen LogP contribution in [0.3, 0.4) is 0 Å². The first-order chi connectivity index (χ1) is 18.9. The number of anilines is 1. The number of ether oxygens (including phenoxy) is 1. The molecule has 4 rings (SSSR count). The van der Waals surface area contributed by atoms with Crippen molar-refractivity contribution in [2.75, 3.05) is 25.1 Å². The number of benzene rings is 3. The van der Waals surface area contributed by atoms with Crippen LogP contribution in [-0.2, 0) is 22.4 Å². The van der Waals surface area contributed by atoms with Gasteiger partial charge in [-0.15, -0.1) is 0 Å². The normalized spacial score (nSPS) is 11.8. The van der Waals surface area contributed by atoms with Crippen LogP contribution in [0.15, 0.2) is 81.7 Å². The van der Waals surface area contributed by atoms with Crippen LogP contribution in [0.4, 0.5) is 19.2 Å². The van der Waals surface area contributed by atoms with Gasteiger partial charge in [-0.3, -0.25) is 4.79 Å². The van der Waals surface area contributed by atoms with Crippen LogP contribution < -0.4 is 9.64 Å². The predicted octanol–water partition coefficient (Wildman–Crippen LogP) is 6.22. The van der Waals surface area contributed by atoms with Gasteiger partial charge >= 0.3 is 18.1 Å². The highest BCUT2D eigenvalue weighted by atomic mass is 79.9. The number of likely N-dealkylation sites (N-methyl/N-ethyl adjacent to an activating group) is 1. The first-order valence-electron chi connectivity index (χ1n) is 12.0. The molecule has 8 nitrogen and oxygen atoms in total. The molecule has 0 aliphatic carbocycles. The van der Waals surface area contributed by atoms with E-state index in [4.69, 9.17) is 19.1 Å². The molecule has 2 N–H and O–H groups in total. The molecule has 0 aliphatic rings. The Hall–Kier alpha value is -4.06. The third-order valence-corrected chi connectivity index (χ3v) is 6.50. The second-order valence-electron chi connectivity index (χ2n) is 8.72.